The van der Waals surface area contributed by atoms with Gasteiger partial charge in [0.05, 0.1) is 0 Å². The summed E-state index contributed by atoms with van der Waals surface area (Å²) in [6.45, 7) is 12.0. The molecule has 1 heteroatoms. The minimum Gasteiger partial charge on any atom is -0.301 e. The van der Waals surface area contributed by atoms with Crippen LogP contribution in [0.4, 0.5) is 0 Å². The first kappa shape index (κ1) is 10.0. The van der Waals surface area contributed by atoms with Crippen molar-refractivity contribution < 1.29 is 0 Å². The number of hydrogen-bond acceptors (Lipinski definition) is 1. The molecule has 1 saturated heterocycles. The molecule has 1 fully saturated rings. The van der Waals surface area contributed by atoms with Crippen LogP contribution >= 0.6 is 0 Å². The zero-order valence-corrected chi connectivity index (χ0v) is 9.01. The lowest BCUT2D eigenvalue weighted by Crippen LogP contribution is -2.41. The summed E-state index contributed by atoms with van der Waals surface area (Å²) in [5, 5.41) is 0. The summed E-state index contributed by atoms with van der Waals surface area (Å²) >= 11 is 0. The van der Waals surface area contributed by atoms with Gasteiger partial charge in [-0.15, -0.1) is 0 Å². The first-order valence-corrected chi connectivity index (χ1v) is 5.35. The van der Waals surface area contributed by atoms with Crippen LogP contribution in [0.2, 0.25) is 0 Å². The van der Waals surface area contributed by atoms with Crippen molar-refractivity contribution in [2.75, 3.05) is 13.1 Å². The molecule has 1 atom stereocenters. The fourth-order valence-electron chi connectivity index (χ4n) is 2.05. The molecule has 1 heterocycles. The Hall–Kier alpha value is -0.0400. The molecule has 0 amide bonds. The van der Waals surface area contributed by atoms with Crippen LogP contribution in [0.1, 0.15) is 40.5 Å². The molecule has 0 aromatic rings. The maximum atomic E-state index is 2.62. The fourth-order valence-corrected chi connectivity index (χ4v) is 2.05. The summed E-state index contributed by atoms with van der Waals surface area (Å²) in [4.78, 5) is 2.62. The molecule has 0 aromatic heterocycles. The minimum atomic E-state index is 0.742. The van der Waals surface area contributed by atoms with Crippen molar-refractivity contribution in [2.24, 2.45) is 11.8 Å². The van der Waals surface area contributed by atoms with Crippen molar-refractivity contribution in [1.82, 2.24) is 4.90 Å². The molecule has 1 aliphatic heterocycles. The lowest BCUT2D eigenvalue weighted by molar-refractivity contribution is 0.117. The molecule has 0 unspecified atom stereocenters. The van der Waals surface area contributed by atoms with Gasteiger partial charge in [-0.2, -0.15) is 0 Å². The highest BCUT2D eigenvalue weighted by molar-refractivity contribution is 4.76. The molecule has 0 radical (unpaired) electrons. The molecule has 0 aliphatic carbocycles. The Balaban J connectivity index is 2.40. The monoisotopic (exact) mass is 169 g/mol. The van der Waals surface area contributed by atoms with Gasteiger partial charge in [-0.05, 0) is 45.1 Å². The first-order chi connectivity index (χ1) is 5.61. The van der Waals surface area contributed by atoms with Crippen LogP contribution in [0.25, 0.3) is 0 Å². The highest BCUT2D eigenvalue weighted by Gasteiger charge is 2.23. The van der Waals surface area contributed by atoms with Gasteiger partial charge in [-0.1, -0.05) is 13.8 Å². The van der Waals surface area contributed by atoms with Crippen LogP contribution in [0, 0.1) is 11.8 Å². The maximum Gasteiger partial charge on any atom is 0.00387 e. The highest BCUT2D eigenvalue weighted by Crippen LogP contribution is 2.24. The normalized spacial score (nSPS) is 27.0. The molecule has 0 N–H and O–H groups in total. The summed E-state index contributed by atoms with van der Waals surface area (Å²) in [6.07, 6.45) is 2.85. The van der Waals surface area contributed by atoms with E-state index in [0.717, 1.165) is 17.9 Å². The van der Waals surface area contributed by atoms with E-state index in [0.29, 0.717) is 0 Å². The van der Waals surface area contributed by atoms with Gasteiger partial charge in [0.25, 0.3) is 0 Å². The van der Waals surface area contributed by atoms with Gasteiger partial charge in [-0.3, -0.25) is 0 Å². The summed E-state index contributed by atoms with van der Waals surface area (Å²) in [5.41, 5.74) is 0. The third-order valence-electron chi connectivity index (χ3n) is 3.16. The third-order valence-corrected chi connectivity index (χ3v) is 3.16. The average Bonchev–Trinajstić information content (AvgIpc) is 2.04. The Morgan fingerprint density at radius 1 is 1.17 bits per heavy atom. The van der Waals surface area contributed by atoms with Crippen molar-refractivity contribution in [1.29, 1.82) is 0 Å². The van der Waals surface area contributed by atoms with Crippen LogP contribution < -0.4 is 0 Å². The molecule has 0 saturated carbocycles. The van der Waals surface area contributed by atoms with E-state index in [1.807, 2.05) is 0 Å². The predicted octanol–water partition coefficient (Wildman–Crippen LogP) is 2.76. The average molecular weight is 169 g/mol. The zero-order valence-electron chi connectivity index (χ0n) is 9.01. The number of likely N-dealkylation sites (tertiary alicyclic amines) is 1. The number of rotatable bonds is 2. The second-order valence-electron chi connectivity index (χ2n) is 4.74. The van der Waals surface area contributed by atoms with E-state index in [2.05, 4.69) is 32.6 Å². The molecule has 0 aromatic carbocycles. The van der Waals surface area contributed by atoms with Crippen molar-refractivity contribution in [3.05, 3.63) is 0 Å². The van der Waals surface area contributed by atoms with E-state index in [4.69, 9.17) is 0 Å². The van der Waals surface area contributed by atoms with Crippen LogP contribution in [0.5, 0.6) is 0 Å². The quantitative estimate of drug-likeness (QED) is 0.614. The molecule has 12 heavy (non-hydrogen) atoms. The van der Waals surface area contributed by atoms with E-state index in [9.17, 15) is 0 Å². The minimum absolute atomic E-state index is 0.742. The largest absolute Gasteiger partial charge is 0.301 e. The van der Waals surface area contributed by atoms with Crippen LogP contribution in [-0.2, 0) is 0 Å². The summed E-state index contributed by atoms with van der Waals surface area (Å²) in [5.74, 6) is 1.81. The zero-order chi connectivity index (χ0) is 9.14. The Kier molecular flexibility index (Phi) is 3.57. The van der Waals surface area contributed by atoms with Crippen LogP contribution in [0.3, 0.4) is 0 Å². The Bertz CT molecular complexity index is 115. The predicted molar refractivity (Wildman–Crippen MR) is 54.3 cm³/mol. The number of piperidine rings is 1. The van der Waals surface area contributed by atoms with Crippen LogP contribution in [-0.4, -0.2) is 24.0 Å². The van der Waals surface area contributed by atoms with Gasteiger partial charge >= 0.3 is 0 Å². The fraction of sp³-hybridized carbons (Fsp3) is 1.00. The van der Waals surface area contributed by atoms with Gasteiger partial charge in [0.15, 0.2) is 0 Å². The van der Waals surface area contributed by atoms with E-state index in [1.54, 1.807) is 0 Å². The van der Waals surface area contributed by atoms with Crippen molar-refractivity contribution in [3.8, 4) is 0 Å². The van der Waals surface area contributed by atoms with E-state index >= 15 is 0 Å². The standard InChI is InChI=1S/C11H23N/c1-9(2)11-6-5-7-12(8-11)10(3)4/h9-11H,5-8H2,1-4H3/t11-/m1/s1. The molecule has 72 valence electrons. The summed E-state index contributed by atoms with van der Waals surface area (Å²) < 4.78 is 0. The second-order valence-corrected chi connectivity index (χ2v) is 4.74. The molecule has 0 bridgehead atoms. The Labute approximate surface area is 77.1 Å². The topological polar surface area (TPSA) is 3.24 Å². The van der Waals surface area contributed by atoms with Crippen molar-refractivity contribution in [3.63, 3.8) is 0 Å². The molecule has 1 rings (SSSR count). The summed E-state index contributed by atoms with van der Waals surface area (Å²) in [6, 6.07) is 0.742. The van der Waals surface area contributed by atoms with Gasteiger partial charge in [0.2, 0.25) is 0 Å². The summed E-state index contributed by atoms with van der Waals surface area (Å²) in [7, 11) is 0. The van der Waals surface area contributed by atoms with E-state index in [1.165, 1.54) is 25.9 Å². The van der Waals surface area contributed by atoms with Crippen LogP contribution in [0.15, 0.2) is 0 Å². The molecule has 1 nitrogen and oxygen atoms in total. The molecule has 0 spiro atoms. The molecular weight excluding hydrogens is 146 g/mol. The lowest BCUT2D eigenvalue weighted by atomic mass is 9.87. The number of nitrogens with zero attached hydrogens (tertiary/aromatic N) is 1. The lowest BCUT2D eigenvalue weighted by Gasteiger charge is -2.37. The molecule has 1 aliphatic rings. The number of hydrogen-bond donors (Lipinski definition) is 0. The van der Waals surface area contributed by atoms with Crippen molar-refractivity contribution in [2.45, 2.75) is 46.6 Å². The van der Waals surface area contributed by atoms with Gasteiger partial charge in [0.1, 0.15) is 0 Å². The van der Waals surface area contributed by atoms with Gasteiger partial charge in [0, 0.05) is 12.6 Å². The van der Waals surface area contributed by atoms with E-state index in [-0.39, 0.29) is 0 Å². The second kappa shape index (κ2) is 4.27. The Morgan fingerprint density at radius 2 is 1.83 bits per heavy atom. The highest BCUT2D eigenvalue weighted by atomic mass is 15.2. The van der Waals surface area contributed by atoms with E-state index < -0.39 is 0 Å². The Morgan fingerprint density at radius 3 is 2.33 bits per heavy atom. The third kappa shape index (κ3) is 2.48. The van der Waals surface area contributed by atoms with Gasteiger partial charge in [-0.25, -0.2) is 0 Å². The first-order valence-electron chi connectivity index (χ1n) is 5.35. The van der Waals surface area contributed by atoms with Crippen molar-refractivity contribution >= 4 is 0 Å². The SMILES string of the molecule is CC(C)[C@@H]1CCCN(C(C)C)C1. The van der Waals surface area contributed by atoms with Gasteiger partial charge < -0.3 is 4.90 Å². The smallest absolute Gasteiger partial charge is 0.00387 e. The molecular formula is C11H23N. The maximum absolute atomic E-state index is 2.62.